The molecular weight excluding hydrogens is 293 g/mol. The molecule has 0 spiro atoms. The number of fused-ring (bicyclic) bond motifs is 1. The second kappa shape index (κ2) is 5.22. The topological polar surface area (TPSA) is 42.1 Å². The highest BCUT2D eigenvalue weighted by Crippen LogP contribution is 2.30. The van der Waals surface area contributed by atoms with Crippen LogP contribution in [0.4, 0.5) is 4.39 Å². The van der Waals surface area contributed by atoms with Crippen molar-refractivity contribution in [2.24, 2.45) is 0 Å². The average Bonchev–Trinajstić information content (AvgIpc) is 2.93. The van der Waals surface area contributed by atoms with Gasteiger partial charge in [-0.3, -0.25) is 4.79 Å². The quantitative estimate of drug-likeness (QED) is 0.737. The fraction of sp³-hybridized carbons (Fsp3) is 0.0625. The molecule has 3 nitrogen and oxygen atoms in total. The van der Waals surface area contributed by atoms with Crippen molar-refractivity contribution in [3.63, 3.8) is 0 Å². The number of aromatic nitrogens is 1. The number of nitrogens with one attached hydrogen (secondary N) is 1. The van der Waals surface area contributed by atoms with Crippen LogP contribution in [0.25, 0.3) is 10.9 Å². The van der Waals surface area contributed by atoms with E-state index in [1.54, 1.807) is 12.3 Å². The summed E-state index contributed by atoms with van der Waals surface area (Å²) in [5, 5.41) is 0.670. The summed E-state index contributed by atoms with van der Waals surface area (Å²) in [7, 11) is 1.54. The van der Waals surface area contributed by atoms with Gasteiger partial charge in [0.25, 0.3) is 0 Å². The number of hydrogen-bond acceptors (Lipinski definition) is 2. The van der Waals surface area contributed by atoms with Crippen molar-refractivity contribution in [2.45, 2.75) is 0 Å². The third kappa shape index (κ3) is 2.28. The lowest BCUT2D eigenvalue weighted by atomic mass is 10.0. The zero-order valence-corrected chi connectivity index (χ0v) is 11.9. The number of methoxy groups -OCH3 is 1. The van der Waals surface area contributed by atoms with Gasteiger partial charge in [0.1, 0.15) is 11.6 Å². The van der Waals surface area contributed by atoms with Gasteiger partial charge in [-0.15, -0.1) is 0 Å². The summed E-state index contributed by atoms with van der Waals surface area (Å²) < 4.78 is 18.8. The fourth-order valence-corrected chi connectivity index (χ4v) is 2.41. The van der Waals surface area contributed by atoms with Gasteiger partial charge in [-0.1, -0.05) is 17.7 Å². The summed E-state index contributed by atoms with van der Waals surface area (Å²) in [6.45, 7) is 0. The van der Waals surface area contributed by atoms with Gasteiger partial charge in [0.05, 0.1) is 23.1 Å². The number of carbonyl (C=O) groups excluding carboxylic acids is 1. The number of ether oxygens (including phenoxy) is 1. The van der Waals surface area contributed by atoms with Crippen LogP contribution in [0.1, 0.15) is 15.9 Å². The third-order valence-corrected chi connectivity index (χ3v) is 3.62. The Morgan fingerprint density at radius 2 is 2.10 bits per heavy atom. The molecule has 0 aliphatic heterocycles. The van der Waals surface area contributed by atoms with Crippen LogP contribution in [0.2, 0.25) is 5.02 Å². The Bertz CT molecular complexity index is 841. The molecule has 0 saturated heterocycles. The molecule has 3 rings (SSSR count). The van der Waals surface area contributed by atoms with Crippen molar-refractivity contribution in [1.29, 1.82) is 0 Å². The Balaban J connectivity index is 2.15. The van der Waals surface area contributed by atoms with Gasteiger partial charge in [-0.05, 0) is 30.3 Å². The lowest BCUT2D eigenvalue weighted by molar-refractivity contribution is 0.103. The van der Waals surface area contributed by atoms with Gasteiger partial charge >= 0.3 is 0 Å². The minimum Gasteiger partial charge on any atom is -0.496 e. The highest BCUT2D eigenvalue weighted by molar-refractivity contribution is 6.31. The second-order valence-corrected chi connectivity index (χ2v) is 4.95. The van der Waals surface area contributed by atoms with Crippen LogP contribution in [0.3, 0.4) is 0 Å². The van der Waals surface area contributed by atoms with Gasteiger partial charge in [0.15, 0.2) is 5.78 Å². The normalized spacial score (nSPS) is 10.8. The molecule has 0 saturated carbocycles. The first-order valence-electron chi connectivity index (χ1n) is 6.25. The monoisotopic (exact) mass is 303 g/mol. The number of aromatic amines is 1. The number of rotatable bonds is 3. The van der Waals surface area contributed by atoms with Gasteiger partial charge in [-0.25, -0.2) is 4.39 Å². The Hall–Kier alpha value is -2.33. The molecule has 0 atom stereocenters. The molecule has 1 aromatic heterocycles. The highest BCUT2D eigenvalue weighted by Gasteiger charge is 2.18. The van der Waals surface area contributed by atoms with Crippen molar-refractivity contribution < 1.29 is 13.9 Å². The van der Waals surface area contributed by atoms with E-state index in [4.69, 9.17) is 16.3 Å². The highest BCUT2D eigenvalue weighted by atomic mass is 35.5. The van der Waals surface area contributed by atoms with E-state index in [-0.39, 0.29) is 16.4 Å². The van der Waals surface area contributed by atoms with Crippen LogP contribution in [-0.2, 0) is 0 Å². The molecule has 0 aliphatic carbocycles. The maximum absolute atomic E-state index is 13.5. The molecule has 0 amide bonds. The molecule has 1 N–H and O–H groups in total. The first-order valence-corrected chi connectivity index (χ1v) is 6.63. The summed E-state index contributed by atoms with van der Waals surface area (Å²) in [5.41, 5.74) is 1.46. The van der Waals surface area contributed by atoms with Crippen molar-refractivity contribution in [2.75, 3.05) is 7.11 Å². The van der Waals surface area contributed by atoms with E-state index in [9.17, 15) is 9.18 Å². The molecule has 2 aromatic carbocycles. The van der Waals surface area contributed by atoms with Crippen molar-refractivity contribution >= 4 is 28.3 Å². The molecule has 0 bridgehead atoms. The Morgan fingerprint density at radius 3 is 2.81 bits per heavy atom. The molecule has 0 unspecified atom stereocenters. The summed E-state index contributed by atoms with van der Waals surface area (Å²) >= 11 is 5.64. The fourth-order valence-electron chi connectivity index (χ4n) is 2.29. The van der Waals surface area contributed by atoms with Gasteiger partial charge in [0.2, 0.25) is 0 Å². The van der Waals surface area contributed by atoms with Crippen LogP contribution >= 0.6 is 11.6 Å². The van der Waals surface area contributed by atoms with Crippen LogP contribution in [0.5, 0.6) is 5.75 Å². The molecule has 3 aromatic rings. The zero-order chi connectivity index (χ0) is 15.0. The molecule has 1 heterocycles. The van der Waals surface area contributed by atoms with E-state index in [0.29, 0.717) is 16.7 Å². The van der Waals surface area contributed by atoms with Crippen LogP contribution in [-0.4, -0.2) is 17.9 Å². The first-order chi connectivity index (χ1) is 10.1. The molecule has 0 radical (unpaired) electrons. The van der Waals surface area contributed by atoms with Crippen molar-refractivity contribution in [1.82, 2.24) is 4.98 Å². The summed E-state index contributed by atoms with van der Waals surface area (Å²) in [6, 6.07) is 9.46. The predicted molar refractivity (Wildman–Crippen MR) is 79.7 cm³/mol. The van der Waals surface area contributed by atoms with E-state index < -0.39 is 5.82 Å². The molecule has 106 valence electrons. The lowest BCUT2D eigenvalue weighted by Crippen LogP contribution is -2.01. The van der Waals surface area contributed by atoms with Gasteiger partial charge in [0, 0.05) is 17.3 Å². The van der Waals surface area contributed by atoms with E-state index in [2.05, 4.69) is 4.98 Å². The Morgan fingerprint density at radius 1 is 1.29 bits per heavy atom. The number of ketones is 1. The van der Waals surface area contributed by atoms with Crippen LogP contribution in [0, 0.1) is 5.82 Å². The first kappa shape index (κ1) is 13.6. The number of hydrogen-bond donors (Lipinski definition) is 1. The van der Waals surface area contributed by atoms with Crippen LogP contribution in [0.15, 0.2) is 42.6 Å². The molecule has 21 heavy (non-hydrogen) atoms. The van der Waals surface area contributed by atoms with E-state index in [1.807, 2.05) is 12.1 Å². The average molecular weight is 304 g/mol. The number of halogens is 2. The Labute approximate surface area is 125 Å². The molecule has 0 fully saturated rings. The predicted octanol–water partition coefficient (Wildman–Crippen LogP) is 4.20. The molecule has 0 aliphatic rings. The number of carbonyl (C=O) groups is 1. The van der Waals surface area contributed by atoms with Crippen molar-refractivity contribution in [3.8, 4) is 5.75 Å². The van der Waals surface area contributed by atoms with Crippen LogP contribution < -0.4 is 4.74 Å². The smallest absolute Gasteiger partial charge is 0.195 e. The standard InChI is InChI=1S/C16H11ClFNO2/c1-21-14-4-2-3-13-15(14)10(8-19-13)16(20)9-5-6-11(17)12(18)7-9/h2-8,19H,1H3. The third-order valence-electron chi connectivity index (χ3n) is 3.31. The summed E-state index contributed by atoms with van der Waals surface area (Å²) in [6.07, 6.45) is 1.60. The SMILES string of the molecule is COc1cccc2[nH]cc(C(=O)c3ccc(Cl)c(F)c3)c12. The molecule has 5 heteroatoms. The van der Waals surface area contributed by atoms with Gasteiger partial charge < -0.3 is 9.72 Å². The maximum atomic E-state index is 13.5. The Kier molecular flexibility index (Phi) is 3.39. The van der Waals surface area contributed by atoms with Crippen molar-refractivity contribution in [3.05, 3.63) is 64.6 Å². The van der Waals surface area contributed by atoms with E-state index >= 15 is 0 Å². The molecular formula is C16H11ClFNO2. The minimum absolute atomic E-state index is 0.0111. The largest absolute Gasteiger partial charge is 0.496 e. The van der Waals surface area contributed by atoms with E-state index in [1.165, 1.54) is 19.2 Å². The number of benzene rings is 2. The van der Waals surface area contributed by atoms with Gasteiger partial charge in [-0.2, -0.15) is 0 Å². The zero-order valence-electron chi connectivity index (χ0n) is 11.1. The number of H-pyrrole nitrogens is 1. The maximum Gasteiger partial charge on any atom is 0.195 e. The second-order valence-electron chi connectivity index (χ2n) is 4.54. The lowest BCUT2D eigenvalue weighted by Gasteiger charge is -2.05. The summed E-state index contributed by atoms with van der Waals surface area (Å²) in [5.74, 6) is -0.317. The minimum atomic E-state index is -0.616. The van der Waals surface area contributed by atoms with E-state index in [0.717, 1.165) is 11.6 Å². The summed E-state index contributed by atoms with van der Waals surface area (Å²) in [4.78, 5) is 15.6.